The summed E-state index contributed by atoms with van der Waals surface area (Å²) >= 11 is 0. The van der Waals surface area contributed by atoms with Crippen molar-refractivity contribution in [3.63, 3.8) is 0 Å². The van der Waals surface area contributed by atoms with Gasteiger partial charge in [0.1, 0.15) is 5.75 Å². The van der Waals surface area contributed by atoms with Crippen molar-refractivity contribution in [1.29, 1.82) is 0 Å². The van der Waals surface area contributed by atoms with E-state index in [4.69, 9.17) is 9.84 Å². The number of aliphatic carboxylic acids is 1. The Balaban J connectivity index is 1.61. The molecule has 0 radical (unpaired) electrons. The third-order valence-electron chi connectivity index (χ3n) is 6.13. The molecule has 0 aliphatic carbocycles. The van der Waals surface area contributed by atoms with E-state index in [1.165, 1.54) is 33.3 Å². The van der Waals surface area contributed by atoms with E-state index in [0.29, 0.717) is 5.75 Å². The SMILES string of the molecule is Cn1c(-c2ccccc2)c(Cc2ccccc2)c2cc(-c3ccc(OCC(=O)O)cc3)ccc21. The van der Waals surface area contributed by atoms with Crippen molar-refractivity contribution in [2.75, 3.05) is 6.61 Å². The van der Waals surface area contributed by atoms with Gasteiger partial charge in [-0.1, -0.05) is 78.9 Å². The average molecular weight is 448 g/mol. The quantitative estimate of drug-likeness (QED) is 0.307. The van der Waals surface area contributed by atoms with Crippen molar-refractivity contribution in [2.45, 2.75) is 6.42 Å². The maximum Gasteiger partial charge on any atom is 0.341 e. The Bertz CT molecular complexity index is 1440. The molecule has 168 valence electrons. The van der Waals surface area contributed by atoms with E-state index in [1.807, 2.05) is 36.4 Å². The molecule has 0 saturated carbocycles. The summed E-state index contributed by atoms with van der Waals surface area (Å²) in [6, 6.07) is 35.2. The number of ether oxygens (including phenoxy) is 1. The number of hydrogen-bond acceptors (Lipinski definition) is 2. The Labute approximate surface area is 198 Å². The van der Waals surface area contributed by atoms with Gasteiger partial charge in [0.25, 0.3) is 0 Å². The van der Waals surface area contributed by atoms with Gasteiger partial charge in [-0.15, -0.1) is 0 Å². The molecule has 0 unspecified atom stereocenters. The molecule has 0 bridgehead atoms. The number of rotatable bonds is 7. The first kappa shape index (κ1) is 21.5. The van der Waals surface area contributed by atoms with Crippen LogP contribution in [0.15, 0.2) is 103 Å². The van der Waals surface area contributed by atoms with Crippen LogP contribution in [-0.2, 0) is 18.3 Å². The lowest BCUT2D eigenvalue weighted by Gasteiger charge is -2.09. The van der Waals surface area contributed by atoms with Crippen LogP contribution in [0, 0.1) is 0 Å². The highest BCUT2D eigenvalue weighted by Crippen LogP contribution is 2.37. The van der Waals surface area contributed by atoms with Crippen molar-refractivity contribution < 1.29 is 14.6 Å². The van der Waals surface area contributed by atoms with Crippen LogP contribution in [0.4, 0.5) is 0 Å². The molecule has 4 heteroatoms. The van der Waals surface area contributed by atoms with E-state index in [0.717, 1.165) is 17.5 Å². The largest absolute Gasteiger partial charge is 0.482 e. The topological polar surface area (TPSA) is 51.5 Å². The summed E-state index contributed by atoms with van der Waals surface area (Å²) in [4.78, 5) is 10.8. The second-order valence-electron chi connectivity index (χ2n) is 8.35. The molecule has 0 atom stereocenters. The van der Waals surface area contributed by atoms with Gasteiger partial charge in [0, 0.05) is 24.4 Å². The van der Waals surface area contributed by atoms with Crippen LogP contribution in [-0.4, -0.2) is 22.2 Å². The van der Waals surface area contributed by atoms with E-state index >= 15 is 0 Å². The Morgan fingerprint density at radius 1 is 0.794 bits per heavy atom. The van der Waals surface area contributed by atoms with Crippen LogP contribution in [0.5, 0.6) is 5.75 Å². The molecule has 0 fully saturated rings. The molecule has 4 nitrogen and oxygen atoms in total. The summed E-state index contributed by atoms with van der Waals surface area (Å²) in [6.07, 6.45) is 0.841. The lowest BCUT2D eigenvalue weighted by Crippen LogP contribution is -2.09. The second kappa shape index (κ2) is 9.28. The molecule has 0 spiro atoms. The number of benzene rings is 4. The van der Waals surface area contributed by atoms with Crippen molar-refractivity contribution in [1.82, 2.24) is 4.57 Å². The van der Waals surface area contributed by atoms with Crippen LogP contribution >= 0.6 is 0 Å². The Morgan fingerprint density at radius 3 is 2.12 bits per heavy atom. The summed E-state index contributed by atoms with van der Waals surface area (Å²) in [5, 5.41) is 10.0. The predicted molar refractivity (Wildman–Crippen MR) is 136 cm³/mol. The van der Waals surface area contributed by atoms with Crippen molar-refractivity contribution in [2.24, 2.45) is 7.05 Å². The number of hydrogen-bond donors (Lipinski definition) is 1. The minimum absolute atomic E-state index is 0.347. The molecule has 0 aliphatic rings. The summed E-state index contributed by atoms with van der Waals surface area (Å²) < 4.78 is 7.57. The van der Waals surface area contributed by atoms with Gasteiger partial charge in [-0.05, 0) is 52.1 Å². The molecule has 1 aromatic heterocycles. The molecular formula is C30H25NO3. The smallest absolute Gasteiger partial charge is 0.341 e. The number of nitrogens with zero attached hydrogens (tertiary/aromatic N) is 1. The second-order valence-corrected chi connectivity index (χ2v) is 8.35. The highest BCUT2D eigenvalue weighted by Gasteiger charge is 2.18. The van der Waals surface area contributed by atoms with Crippen molar-refractivity contribution in [3.8, 4) is 28.1 Å². The third-order valence-corrected chi connectivity index (χ3v) is 6.13. The van der Waals surface area contributed by atoms with Gasteiger partial charge in [-0.25, -0.2) is 4.79 Å². The molecule has 0 amide bonds. The molecule has 5 aromatic rings. The number of carbonyl (C=O) groups is 1. The fraction of sp³-hybridized carbons (Fsp3) is 0.100. The molecule has 4 aromatic carbocycles. The van der Waals surface area contributed by atoms with Crippen LogP contribution in [0.3, 0.4) is 0 Å². The van der Waals surface area contributed by atoms with Gasteiger partial charge in [0.15, 0.2) is 6.61 Å². The summed E-state index contributed by atoms with van der Waals surface area (Å²) in [5.74, 6) is -0.443. The van der Waals surface area contributed by atoms with Gasteiger partial charge in [0.2, 0.25) is 0 Å². The van der Waals surface area contributed by atoms with Crippen molar-refractivity contribution >= 4 is 16.9 Å². The zero-order chi connectivity index (χ0) is 23.5. The van der Waals surface area contributed by atoms with E-state index in [9.17, 15) is 4.79 Å². The molecule has 0 aliphatic heterocycles. The first-order valence-corrected chi connectivity index (χ1v) is 11.3. The first-order valence-electron chi connectivity index (χ1n) is 11.3. The highest BCUT2D eigenvalue weighted by molar-refractivity contribution is 5.95. The lowest BCUT2D eigenvalue weighted by atomic mass is 9.96. The Kier molecular flexibility index (Phi) is 5.88. The molecule has 1 heterocycles. The van der Waals surface area contributed by atoms with Gasteiger partial charge in [-0.2, -0.15) is 0 Å². The standard InChI is InChI=1S/C30H25NO3/c1-31-28-17-14-24(22-12-15-25(16-13-22)34-20-29(32)33)19-26(28)27(18-21-8-4-2-5-9-21)30(31)23-10-6-3-7-11-23/h2-17,19H,18,20H2,1H3,(H,32,33). The average Bonchev–Trinajstić information content (AvgIpc) is 3.15. The van der Waals surface area contributed by atoms with E-state index in [1.54, 1.807) is 0 Å². The molecule has 34 heavy (non-hydrogen) atoms. The van der Waals surface area contributed by atoms with Gasteiger partial charge >= 0.3 is 5.97 Å². The van der Waals surface area contributed by atoms with E-state index in [2.05, 4.69) is 78.3 Å². The molecular weight excluding hydrogens is 422 g/mol. The predicted octanol–water partition coefficient (Wildman–Crippen LogP) is 6.57. The third kappa shape index (κ3) is 4.30. The van der Waals surface area contributed by atoms with Gasteiger partial charge < -0.3 is 14.4 Å². The minimum atomic E-state index is -0.987. The number of aryl methyl sites for hydroxylation is 1. The van der Waals surface area contributed by atoms with Gasteiger partial charge in [0.05, 0.1) is 5.69 Å². The highest BCUT2D eigenvalue weighted by atomic mass is 16.5. The summed E-state index contributed by atoms with van der Waals surface area (Å²) in [7, 11) is 2.13. The number of aromatic nitrogens is 1. The zero-order valence-corrected chi connectivity index (χ0v) is 18.9. The molecule has 0 saturated heterocycles. The molecule has 1 N–H and O–H groups in total. The van der Waals surface area contributed by atoms with Crippen LogP contribution in [0.25, 0.3) is 33.3 Å². The number of carboxylic acids is 1. The monoisotopic (exact) mass is 447 g/mol. The normalized spacial score (nSPS) is 11.0. The number of carboxylic acid groups (broad SMARTS) is 1. The minimum Gasteiger partial charge on any atom is -0.482 e. The van der Waals surface area contributed by atoms with Crippen LogP contribution < -0.4 is 4.74 Å². The maximum absolute atomic E-state index is 10.8. The fourth-order valence-electron chi connectivity index (χ4n) is 4.53. The lowest BCUT2D eigenvalue weighted by molar-refractivity contribution is -0.139. The maximum atomic E-state index is 10.8. The van der Waals surface area contributed by atoms with E-state index < -0.39 is 5.97 Å². The Morgan fingerprint density at radius 2 is 1.44 bits per heavy atom. The molecule has 5 rings (SSSR count). The first-order chi connectivity index (χ1) is 16.6. The fourth-order valence-corrected chi connectivity index (χ4v) is 4.53. The van der Waals surface area contributed by atoms with Crippen molar-refractivity contribution in [3.05, 3.63) is 114 Å². The number of fused-ring (bicyclic) bond motifs is 1. The zero-order valence-electron chi connectivity index (χ0n) is 18.9. The van der Waals surface area contributed by atoms with E-state index in [-0.39, 0.29) is 6.61 Å². The summed E-state index contributed by atoms with van der Waals surface area (Å²) in [6.45, 7) is -0.347. The van der Waals surface area contributed by atoms with Crippen LogP contribution in [0.2, 0.25) is 0 Å². The summed E-state index contributed by atoms with van der Waals surface area (Å²) in [5.41, 5.74) is 8.37. The Hall–Kier alpha value is -4.31. The van der Waals surface area contributed by atoms with Crippen LogP contribution in [0.1, 0.15) is 11.1 Å². The van der Waals surface area contributed by atoms with Gasteiger partial charge in [-0.3, -0.25) is 0 Å².